The number of nitrogens with one attached hydrogen (secondary N) is 1. The number of rotatable bonds is 8. The first-order valence-electron chi connectivity index (χ1n) is 7.78. The summed E-state index contributed by atoms with van der Waals surface area (Å²) < 4.78 is 0. The van der Waals surface area contributed by atoms with E-state index >= 15 is 0 Å². The van der Waals surface area contributed by atoms with Crippen molar-refractivity contribution in [3.8, 4) is 0 Å². The number of nitrogens with two attached hydrogens (primary N) is 1. The minimum Gasteiger partial charge on any atom is -0.399 e. The largest absolute Gasteiger partial charge is 0.399 e. The van der Waals surface area contributed by atoms with Gasteiger partial charge >= 0.3 is 0 Å². The molecule has 1 aromatic rings. The van der Waals surface area contributed by atoms with Crippen molar-refractivity contribution in [2.45, 2.75) is 46.6 Å². The Morgan fingerprint density at radius 1 is 1.29 bits per heavy atom. The fraction of sp³-hybridized carbons (Fsp3) is 0.588. The highest BCUT2D eigenvalue weighted by atomic mass is 16.1. The highest BCUT2D eigenvalue weighted by Crippen LogP contribution is 2.12. The van der Waals surface area contributed by atoms with E-state index < -0.39 is 0 Å². The summed E-state index contributed by atoms with van der Waals surface area (Å²) in [5.74, 6) is 0.697. The van der Waals surface area contributed by atoms with E-state index in [0.29, 0.717) is 24.1 Å². The zero-order valence-corrected chi connectivity index (χ0v) is 13.7. The van der Waals surface area contributed by atoms with Gasteiger partial charge in [-0.2, -0.15) is 0 Å². The molecule has 1 aromatic carbocycles. The van der Waals surface area contributed by atoms with Crippen LogP contribution in [0.2, 0.25) is 0 Å². The third-order valence-corrected chi connectivity index (χ3v) is 3.35. The van der Waals surface area contributed by atoms with Crippen molar-refractivity contribution >= 4 is 17.3 Å². The van der Waals surface area contributed by atoms with Crippen molar-refractivity contribution in [2.24, 2.45) is 5.92 Å². The molecule has 0 heterocycles. The van der Waals surface area contributed by atoms with Crippen molar-refractivity contribution in [1.29, 1.82) is 0 Å². The predicted molar refractivity (Wildman–Crippen MR) is 90.3 cm³/mol. The van der Waals surface area contributed by atoms with Gasteiger partial charge in [0.05, 0.1) is 0 Å². The van der Waals surface area contributed by atoms with E-state index in [0.717, 1.165) is 25.2 Å². The molecule has 4 nitrogen and oxygen atoms in total. The van der Waals surface area contributed by atoms with Crippen LogP contribution in [0.4, 0.5) is 11.4 Å². The quantitative estimate of drug-likeness (QED) is 0.722. The number of nitrogen functional groups attached to an aromatic ring is 1. The van der Waals surface area contributed by atoms with Gasteiger partial charge in [0.1, 0.15) is 0 Å². The minimum atomic E-state index is 0.0499. The third-order valence-electron chi connectivity index (χ3n) is 3.35. The van der Waals surface area contributed by atoms with Gasteiger partial charge in [-0.05, 0) is 50.9 Å². The summed E-state index contributed by atoms with van der Waals surface area (Å²) in [5, 5.41) is 2.89. The molecule has 0 aliphatic rings. The molecule has 0 saturated carbocycles. The van der Waals surface area contributed by atoms with Crippen LogP contribution < -0.4 is 11.1 Å². The SMILES string of the molecule is CC(C)CN(CCCC(=O)Nc1cccc(N)c1)C(C)C. The molecule has 1 amide bonds. The molecule has 4 heteroatoms. The zero-order valence-electron chi connectivity index (χ0n) is 13.7. The Hall–Kier alpha value is -1.55. The Kier molecular flexibility index (Phi) is 7.23. The second-order valence-corrected chi connectivity index (χ2v) is 6.26. The summed E-state index contributed by atoms with van der Waals surface area (Å²) in [5.41, 5.74) is 7.13. The number of hydrogen-bond acceptors (Lipinski definition) is 3. The topological polar surface area (TPSA) is 58.4 Å². The van der Waals surface area contributed by atoms with Gasteiger partial charge in [-0.25, -0.2) is 0 Å². The van der Waals surface area contributed by atoms with Gasteiger partial charge in [0.25, 0.3) is 0 Å². The first-order valence-corrected chi connectivity index (χ1v) is 7.78. The first-order chi connectivity index (χ1) is 9.88. The molecule has 0 fully saturated rings. The lowest BCUT2D eigenvalue weighted by Gasteiger charge is -2.28. The molecule has 0 radical (unpaired) electrons. The van der Waals surface area contributed by atoms with Gasteiger partial charge in [0.2, 0.25) is 5.91 Å². The van der Waals surface area contributed by atoms with E-state index in [1.54, 1.807) is 6.07 Å². The molecule has 0 spiro atoms. The summed E-state index contributed by atoms with van der Waals surface area (Å²) in [4.78, 5) is 14.4. The van der Waals surface area contributed by atoms with Crippen LogP contribution in [0.15, 0.2) is 24.3 Å². The van der Waals surface area contributed by atoms with Crippen LogP contribution >= 0.6 is 0 Å². The average molecular weight is 291 g/mol. The maximum atomic E-state index is 11.9. The molecule has 0 unspecified atom stereocenters. The lowest BCUT2D eigenvalue weighted by Crippen LogP contribution is -2.35. The zero-order chi connectivity index (χ0) is 15.8. The number of amides is 1. The molecule has 0 aliphatic carbocycles. The van der Waals surface area contributed by atoms with Crippen molar-refractivity contribution in [3.63, 3.8) is 0 Å². The summed E-state index contributed by atoms with van der Waals surface area (Å²) in [6.07, 6.45) is 1.41. The van der Waals surface area contributed by atoms with Gasteiger partial charge in [-0.3, -0.25) is 4.79 Å². The lowest BCUT2D eigenvalue weighted by molar-refractivity contribution is -0.116. The molecule has 3 N–H and O–H groups in total. The van der Waals surface area contributed by atoms with Gasteiger partial charge in [0.15, 0.2) is 0 Å². The Balaban J connectivity index is 2.35. The van der Waals surface area contributed by atoms with Crippen LogP contribution in [0.3, 0.4) is 0 Å². The number of anilines is 2. The van der Waals surface area contributed by atoms with E-state index in [1.165, 1.54) is 0 Å². The van der Waals surface area contributed by atoms with E-state index in [2.05, 4.69) is 37.9 Å². The standard InChI is InChI=1S/C17H29N3O/c1-13(2)12-20(14(3)4)10-6-9-17(21)19-16-8-5-7-15(18)11-16/h5,7-8,11,13-14H,6,9-10,12,18H2,1-4H3,(H,19,21). The van der Waals surface area contributed by atoms with E-state index in [1.807, 2.05) is 18.2 Å². The maximum absolute atomic E-state index is 11.9. The normalized spacial score (nSPS) is 11.4. The number of carbonyl (C=O) groups is 1. The third kappa shape index (κ3) is 7.14. The second kappa shape index (κ2) is 8.67. The fourth-order valence-electron chi connectivity index (χ4n) is 2.31. The van der Waals surface area contributed by atoms with Crippen molar-refractivity contribution in [2.75, 3.05) is 24.1 Å². The Bertz CT molecular complexity index is 443. The average Bonchev–Trinajstić information content (AvgIpc) is 2.36. The van der Waals surface area contributed by atoms with Gasteiger partial charge in [-0.15, -0.1) is 0 Å². The molecule has 0 aromatic heterocycles. The Morgan fingerprint density at radius 3 is 2.57 bits per heavy atom. The molecule has 1 rings (SSSR count). The van der Waals surface area contributed by atoms with Gasteiger partial charge < -0.3 is 16.0 Å². The maximum Gasteiger partial charge on any atom is 0.224 e. The van der Waals surface area contributed by atoms with Crippen LogP contribution in [0, 0.1) is 5.92 Å². The summed E-state index contributed by atoms with van der Waals surface area (Å²) in [6, 6.07) is 7.80. The molecule has 0 atom stereocenters. The van der Waals surface area contributed by atoms with E-state index in [4.69, 9.17) is 5.73 Å². The Labute approximate surface area is 128 Å². The molecular weight excluding hydrogens is 262 g/mol. The van der Waals surface area contributed by atoms with Crippen LogP contribution in [0.25, 0.3) is 0 Å². The lowest BCUT2D eigenvalue weighted by atomic mass is 10.1. The van der Waals surface area contributed by atoms with Crippen LogP contribution in [-0.2, 0) is 4.79 Å². The first kappa shape index (κ1) is 17.5. The fourth-order valence-corrected chi connectivity index (χ4v) is 2.31. The van der Waals surface area contributed by atoms with Gasteiger partial charge in [-0.1, -0.05) is 19.9 Å². The van der Waals surface area contributed by atoms with Crippen LogP contribution in [0.5, 0.6) is 0 Å². The molecule has 0 aliphatic heterocycles. The molecule has 0 saturated heterocycles. The number of nitrogens with zero attached hydrogens (tertiary/aromatic N) is 1. The summed E-state index contributed by atoms with van der Waals surface area (Å²) >= 11 is 0. The van der Waals surface area contributed by atoms with E-state index in [-0.39, 0.29) is 5.91 Å². The highest BCUT2D eigenvalue weighted by molar-refractivity contribution is 5.91. The number of benzene rings is 1. The molecule has 118 valence electrons. The van der Waals surface area contributed by atoms with Crippen molar-refractivity contribution < 1.29 is 4.79 Å². The predicted octanol–water partition coefficient (Wildman–Crippen LogP) is 3.35. The number of hydrogen-bond donors (Lipinski definition) is 2. The van der Waals surface area contributed by atoms with E-state index in [9.17, 15) is 4.79 Å². The monoisotopic (exact) mass is 291 g/mol. The smallest absolute Gasteiger partial charge is 0.224 e. The van der Waals surface area contributed by atoms with Crippen molar-refractivity contribution in [3.05, 3.63) is 24.3 Å². The molecular formula is C17H29N3O. The minimum absolute atomic E-state index is 0.0499. The second-order valence-electron chi connectivity index (χ2n) is 6.26. The van der Waals surface area contributed by atoms with Crippen LogP contribution in [-0.4, -0.2) is 29.9 Å². The highest BCUT2D eigenvalue weighted by Gasteiger charge is 2.11. The van der Waals surface area contributed by atoms with Crippen molar-refractivity contribution in [1.82, 2.24) is 4.90 Å². The Morgan fingerprint density at radius 2 is 2.00 bits per heavy atom. The van der Waals surface area contributed by atoms with Gasteiger partial charge in [0, 0.05) is 30.4 Å². The van der Waals surface area contributed by atoms with Crippen LogP contribution in [0.1, 0.15) is 40.5 Å². The summed E-state index contributed by atoms with van der Waals surface area (Å²) in [7, 11) is 0. The molecule has 21 heavy (non-hydrogen) atoms. The summed E-state index contributed by atoms with van der Waals surface area (Å²) in [6.45, 7) is 10.9. The number of carbonyl (C=O) groups excluding carboxylic acids is 1. The molecule has 0 bridgehead atoms.